The van der Waals surface area contributed by atoms with Gasteiger partial charge in [0.1, 0.15) is 17.2 Å². The smallest absolute Gasteiger partial charge is 0.239 e. The summed E-state index contributed by atoms with van der Waals surface area (Å²) in [6, 6.07) is 4.95. The van der Waals surface area contributed by atoms with Gasteiger partial charge >= 0.3 is 0 Å². The second kappa shape index (κ2) is 10.0. The Balaban J connectivity index is 2.44. The van der Waals surface area contributed by atoms with Crippen molar-refractivity contribution in [1.29, 1.82) is 0 Å². The molecule has 0 fully saturated rings. The van der Waals surface area contributed by atoms with Crippen LogP contribution in [-0.2, 0) is 4.79 Å². The minimum absolute atomic E-state index is 0.0209. The number of ether oxygens (including phenoxy) is 3. The molecule has 136 valence electrons. The standard InChI is InChI=1S/C18H30N2O4/c1-6-13(2)17(19)18(21)20(3)8-7-9-24-16-11-14(22-4)10-15(12-16)23-5/h10-13,17H,6-9,19H2,1-5H3. The highest BCUT2D eigenvalue weighted by Gasteiger charge is 2.22. The fourth-order valence-corrected chi connectivity index (χ4v) is 2.22. The van der Waals surface area contributed by atoms with Crippen LogP contribution >= 0.6 is 0 Å². The molecule has 1 aromatic carbocycles. The lowest BCUT2D eigenvalue weighted by atomic mass is 9.99. The van der Waals surface area contributed by atoms with Crippen molar-refractivity contribution in [2.45, 2.75) is 32.7 Å². The predicted octanol–water partition coefficient (Wildman–Crippen LogP) is 2.30. The van der Waals surface area contributed by atoms with Gasteiger partial charge in [-0.25, -0.2) is 0 Å². The Hall–Kier alpha value is -1.95. The molecule has 0 aliphatic rings. The normalized spacial score (nSPS) is 13.1. The first-order valence-corrected chi connectivity index (χ1v) is 8.29. The van der Waals surface area contributed by atoms with Gasteiger partial charge in [0.25, 0.3) is 0 Å². The molecule has 0 aliphatic carbocycles. The van der Waals surface area contributed by atoms with Crippen LogP contribution in [0.15, 0.2) is 18.2 Å². The van der Waals surface area contributed by atoms with Crippen LogP contribution in [0.1, 0.15) is 26.7 Å². The van der Waals surface area contributed by atoms with Crippen LogP contribution in [0.4, 0.5) is 0 Å². The SMILES string of the molecule is CCC(C)C(N)C(=O)N(C)CCCOc1cc(OC)cc(OC)c1. The zero-order chi connectivity index (χ0) is 18.1. The first-order valence-electron chi connectivity index (χ1n) is 8.29. The van der Waals surface area contributed by atoms with Gasteiger partial charge < -0.3 is 24.8 Å². The highest BCUT2D eigenvalue weighted by atomic mass is 16.5. The summed E-state index contributed by atoms with van der Waals surface area (Å²) in [6.07, 6.45) is 1.61. The maximum atomic E-state index is 12.2. The second-order valence-corrected chi connectivity index (χ2v) is 5.92. The van der Waals surface area contributed by atoms with Gasteiger partial charge in [-0.2, -0.15) is 0 Å². The van der Waals surface area contributed by atoms with Gasteiger partial charge in [-0.15, -0.1) is 0 Å². The van der Waals surface area contributed by atoms with E-state index in [9.17, 15) is 4.79 Å². The summed E-state index contributed by atoms with van der Waals surface area (Å²) in [5.74, 6) is 2.19. The van der Waals surface area contributed by atoms with E-state index in [1.165, 1.54) is 0 Å². The van der Waals surface area contributed by atoms with Gasteiger partial charge in [-0.1, -0.05) is 20.3 Å². The number of benzene rings is 1. The number of carbonyl (C=O) groups is 1. The molecule has 6 nitrogen and oxygen atoms in total. The summed E-state index contributed by atoms with van der Waals surface area (Å²) in [5.41, 5.74) is 5.98. The Kier molecular flexibility index (Phi) is 8.40. The molecule has 1 aromatic rings. The molecule has 0 spiro atoms. The maximum Gasteiger partial charge on any atom is 0.239 e. The summed E-state index contributed by atoms with van der Waals surface area (Å²) in [4.78, 5) is 13.9. The van der Waals surface area contributed by atoms with Crippen molar-refractivity contribution in [1.82, 2.24) is 4.90 Å². The van der Waals surface area contributed by atoms with Crippen molar-refractivity contribution >= 4 is 5.91 Å². The average molecular weight is 338 g/mol. The number of amides is 1. The van der Waals surface area contributed by atoms with E-state index in [0.717, 1.165) is 12.8 Å². The van der Waals surface area contributed by atoms with Gasteiger partial charge in [0.2, 0.25) is 5.91 Å². The lowest BCUT2D eigenvalue weighted by Gasteiger charge is -2.24. The molecule has 0 saturated heterocycles. The van der Waals surface area contributed by atoms with Crippen molar-refractivity contribution < 1.29 is 19.0 Å². The van der Waals surface area contributed by atoms with E-state index in [0.29, 0.717) is 30.4 Å². The van der Waals surface area contributed by atoms with Crippen molar-refractivity contribution in [2.75, 3.05) is 34.4 Å². The minimum atomic E-state index is -0.441. The van der Waals surface area contributed by atoms with Crippen LogP contribution in [0, 0.1) is 5.92 Å². The van der Waals surface area contributed by atoms with Crippen molar-refractivity contribution in [3.05, 3.63) is 18.2 Å². The van der Waals surface area contributed by atoms with Crippen LogP contribution in [-0.4, -0.2) is 51.3 Å². The van der Waals surface area contributed by atoms with Crippen LogP contribution < -0.4 is 19.9 Å². The fourth-order valence-electron chi connectivity index (χ4n) is 2.22. The largest absolute Gasteiger partial charge is 0.496 e. The highest BCUT2D eigenvalue weighted by molar-refractivity contribution is 5.81. The zero-order valence-electron chi connectivity index (χ0n) is 15.4. The lowest BCUT2D eigenvalue weighted by molar-refractivity contribution is -0.132. The van der Waals surface area contributed by atoms with Crippen molar-refractivity contribution in [3.63, 3.8) is 0 Å². The topological polar surface area (TPSA) is 74.0 Å². The number of hydrogen-bond donors (Lipinski definition) is 1. The van der Waals surface area contributed by atoms with Gasteiger partial charge in [-0.05, 0) is 12.3 Å². The van der Waals surface area contributed by atoms with E-state index >= 15 is 0 Å². The monoisotopic (exact) mass is 338 g/mol. The summed E-state index contributed by atoms with van der Waals surface area (Å²) >= 11 is 0. The first-order chi connectivity index (χ1) is 11.4. The van der Waals surface area contributed by atoms with Crippen molar-refractivity contribution in [3.8, 4) is 17.2 Å². The van der Waals surface area contributed by atoms with Crippen LogP contribution in [0.2, 0.25) is 0 Å². The van der Waals surface area contributed by atoms with Gasteiger partial charge in [-0.3, -0.25) is 4.79 Å². The highest BCUT2D eigenvalue weighted by Crippen LogP contribution is 2.27. The van der Waals surface area contributed by atoms with Gasteiger partial charge in [0.05, 0.1) is 26.9 Å². The van der Waals surface area contributed by atoms with E-state index in [4.69, 9.17) is 19.9 Å². The summed E-state index contributed by atoms with van der Waals surface area (Å²) in [5, 5.41) is 0. The van der Waals surface area contributed by atoms with E-state index in [1.807, 2.05) is 13.8 Å². The molecule has 2 N–H and O–H groups in total. The number of rotatable bonds is 10. The Morgan fingerprint density at radius 3 is 2.21 bits per heavy atom. The summed E-state index contributed by atoms with van der Waals surface area (Å²) < 4.78 is 16.1. The lowest BCUT2D eigenvalue weighted by Crippen LogP contribution is -2.45. The molecule has 0 aliphatic heterocycles. The molecule has 2 unspecified atom stereocenters. The first kappa shape index (κ1) is 20.1. The van der Waals surface area contributed by atoms with E-state index in [2.05, 4.69) is 0 Å². The number of nitrogens with zero attached hydrogens (tertiary/aromatic N) is 1. The third-order valence-corrected chi connectivity index (χ3v) is 4.15. The summed E-state index contributed by atoms with van der Waals surface area (Å²) in [7, 11) is 4.97. The van der Waals surface area contributed by atoms with Crippen LogP contribution in [0.5, 0.6) is 17.2 Å². The molecule has 0 heterocycles. The van der Waals surface area contributed by atoms with E-state index < -0.39 is 6.04 Å². The number of carbonyl (C=O) groups excluding carboxylic acids is 1. The predicted molar refractivity (Wildman–Crippen MR) is 94.7 cm³/mol. The fraction of sp³-hybridized carbons (Fsp3) is 0.611. The Morgan fingerprint density at radius 1 is 1.17 bits per heavy atom. The molecular formula is C18H30N2O4. The van der Waals surface area contributed by atoms with Crippen LogP contribution in [0.3, 0.4) is 0 Å². The Labute approximate surface area is 144 Å². The number of likely N-dealkylation sites (N-methyl/N-ethyl adjacent to an activating group) is 1. The molecule has 1 rings (SSSR count). The van der Waals surface area contributed by atoms with Crippen molar-refractivity contribution in [2.24, 2.45) is 11.7 Å². The Morgan fingerprint density at radius 2 is 1.71 bits per heavy atom. The van der Waals surface area contributed by atoms with Crippen LogP contribution in [0.25, 0.3) is 0 Å². The molecule has 0 bridgehead atoms. The molecule has 0 aromatic heterocycles. The third-order valence-electron chi connectivity index (χ3n) is 4.15. The number of nitrogens with two attached hydrogens (primary N) is 1. The molecule has 2 atom stereocenters. The number of hydrogen-bond acceptors (Lipinski definition) is 5. The molecule has 1 amide bonds. The second-order valence-electron chi connectivity index (χ2n) is 5.92. The van der Waals surface area contributed by atoms with Gasteiger partial charge in [0, 0.05) is 31.8 Å². The summed E-state index contributed by atoms with van der Waals surface area (Å²) in [6.45, 7) is 5.13. The maximum absolute atomic E-state index is 12.2. The molecule has 24 heavy (non-hydrogen) atoms. The zero-order valence-corrected chi connectivity index (χ0v) is 15.4. The number of methoxy groups -OCH3 is 2. The minimum Gasteiger partial charge on any atom is -0.496 e. The average Bonchev–Trinajstić information content (AvgIpc) is 2.62. The van der Waals surface area contributed by atoms with E-state index in [1.54, 1.807) is 44.4 Å². The molecule has 0 saturated carbocycles. The molecular weight excluding hydrogens is 308 g/mol. The molecule has 0 radical (unpaired) electrons. The Bertz CT molecular complexity index is 499. The third kappa shape index (κ3) is 5.92. The quantitative estimate of drug-likeness (QED) is 0.663. The molecule has 6 heteroatoms. The van der Waals surface area contributed by atoms with E-state index in [-0.39, 0.29) is 11.8 Å². The van der Waals surface area contributed by atoms with Gasteiger partial charge in [0.15, 0.2) is 0 Å².